The third-order valence-electron chi connectivity index (χ3n) is 4.17. The fraction of sp³-hybridized carbons (Fsp3) is 0.158. The number of hydrazine groups is 1. The second-order valence-corrected chi connectivity index (χ2v) is 6.66. The lowest BCUT2D eigenvalue weighted by Crippen LogP contribution is -2.35. The largest absolute Gasteiger partial charge is 0.375 e. The van der Waals surface area contributed by atoms with Gasteiger partial charge in [0.05, 0.1) is 15.7 Å². The molecule has 2 aromatic rings. The number of carbonyl (C=O) groups excluding carboxylic acids is 2. The van der Waals surface area contributed by atoms with Crippen LogP contribution < -0.4 is 15.3 Å². The molecule has 1 N–H and O–H groups in total. The van der Waals surface area contributed by atoms with Gasteiger partial charge in [-0.25, -0.2) is 5.01 Å². The number of halogens is 2. The zero-order chi connectivity index (χ0) is 18.8. The number of nitrogens with one attached hydrogen (secondary N) is 1. The lowest BCUT2D eigenvalue weighted by molar-refractivity contribution is -0.117. The molecule has 0 spiro atoms. The Bertz CT molecular complexity index is 894. The second kappa shape index (κ2) is 7.40. The zero-order valence-corrected chi connectivity index (χ0v) is 15.8. The van der Waals surface area contributed by atoms with Crippen molar-refractivity contribution in [1.82, 2.24) is 5.43 Å². The van der Waals surface area contributed by atoms with E-state index in [0.29, 0.717) is 15.7 Å². The highest BCUT2D eigenvalue weighted by atomic mass is 35.5. The van der Waals surface area contributed by atoms with Gasteiger partial charge in [-0.2, -0.15) is 0 Å². The number of carbonyl (C=O) groups is 2. The number of hydrogen-bond donors (Lipinski definition) is 1. The number of hydrogen-bond acceptors (Lipinski definition) is 3. The van der Waals surface area contributed by atoms with Crippen LogP contribution in [0.3, 0.4) is 0 Å². The smallest absolute Gasteiger partial charge is 0.282 e. The molecule has 1 saturated heterocycles. The standard InChI is InChI=1S/C19H17Cl2N3O2/c1-3-23(2)13-6-4-12(5-7-13)10-15-18(25)22-24(19(15)26)14-8-9-16(20)17(21)11-14/h4-11H,3H2,1-2H3,(H,22,25). The number of anilines is 2. The first kappa shape index (κ1) is 18.3. The first-order chi connectivity index (χ1) is 12.4. The Morgan fingerprint density at radius 2 is 1.77 bits per heavy atom. The van der Waals surface area contributed by atoms with Gasteiger partial charge >= 0.3 is 0 Å². The van der Waals surface area contributed by atoms with Gasteiger partial charge in [-0.05, 0) is 48.9 Å². The normalized spacial score (nSPS) is 15.5. The zero-order valence-electron chi connectivity index (χ0n) is 14.3. The van der Waals surface area contributed by atoms with E-state index in [1.807, 2.05) is 31.3 Å². The minimum absolute atomic E-state index is 0.0627. The maximum Gasteiger partial charge on any atom is 0.282 e. The van der Waals surface area contributed by atoms with Crippen molar-refractivity contribution < 1.29 is 9.59 Å². The molecule has 0 bridgehead atoms. The third kappa shape index (κ3) is 3.54. The van der Waals surface area contributed by atoms with Crippen LogP contribution in [0.1, 0.15) is 12.5 Å². The summed E-state index contributed by atoms with van der Waals surface area (Å²) in [6, 6.07) is 12.4. The molecule has 26 heavy (non-hydrogen) atoms. The van der Waals surface area contributed by atoms with Crippen molar-refractivity contribution >= 4 is 52.5 Å². The molecule has 0 atom stereocenters. The summed E-state index contributed by atoms with van der Waals surface area (Å²) >= 11 is 11.9. The number of nitrogens with zero attached hydrogens (tertiary/aromatic N) is 2. The average molecular weight is 390 g/mol. The molecule has 1 aliphatic rings. The van der Waals surface area contributed by atoms with Crippen LogP contribution in [0.15, 0.2) is 48.0 Å². The Hall–Kier alpha value is -2.50. The summed E-state index contributed by atoms with van der Waals surface area (Å²) in [5.41, 5.74) is 4.89. The van der Waals surface area contributed by atoms with E-state index in [1.165, 1.54) is 6.07 Å². The molecule has 0 radical (unpaired) electrons. The Morgan fingerprint density at radius 3 is 2.38 bits per heavy atom. The van der Waals surface area contributed by atoms with E-state index in [1.54, 1.807) is 18.2 Å². The molecule has 5 nitrogen and oxygen atoms in total. The molecule has 0 saturated carbocycles. The van der Waals surface area contributed by atoms with Crippen molar-refractivity contribution in [2.45, 2.75) is 6.92 Å². The summed E-state index contributed by atoms with van der Waals surface area (Å²) in [5.74, 6) is -0.904. The van der Waals surface area contributed by atoms with Gasteiger partial charge in [0.15, 0.2) is 0 Å². The molecule has 2 amide bonds. The van der Waals surface area contributed by atoms with Crippen molar-refractivity contribution in [3.05, 3.63) is 63.6 Å². The highest BCUT2D eigenvalue weighted by Gasteiger charge is 2.34. The summed E-state index contributed by atoms with van der Waals surface area (Å²) in [6.07, 6.45) is 1.57. The number of amides is 2. The van der Waals surface area contributed by atoms with E-state index >= 15 is 0 Å². The van der Waals surface area contributed by atoms with Crippen LogP contribution in [0.25, 0.3) is 6.08 Å². The van der Waals surface area contributed by atoms with Crippen LogP contribution in [0.5, 0.6) is 0 Å². The number of rotatable bonds is 4. The predicted octanol–water partition coefficient (Wildman–Crippen LogP) is 3.91. The average Bonchev–Trinajstić information content (AvgIpc) is 2.92. The fourth-order valence-corrected chi connectivity index (χ4v) is 2.83. The van der Waals surface area contributed by atoms with Gasteiger partial charge in [0, 0.05) is 19.3 Å². The SMILES string of the molecule is CCN(C)c1ccc(C=C2C(=O)NN(c3ccc(Cl)c(Cl)c3)C2=O)cc1. The van der Waals surface area contributed by atoms with Crippen molar-refractivity contribution in [2.75, 3.05) is 23.5 Å². The molecular formula is C19H17Cl2N3O2. The van der Waals surface area contributed by atoms with E-state index in [2.05, 4.69) is 17.2 Å². The molecule has 0 aromatic heterocycles. The Balaban J connectivity index is 1.86. The Labute approximate surface area is 161 Å². The minimum Gasteiger partial charge on any atom is -0.375 e. The maximum absolute atomic E-state index is 12.6. The highest BCUT2D eigenvalue weighted by molar-refractivity contribution is 6.42. The molecule has 1 fully saturated rings. The van der Waals surface area contributed by atoms with Gasteiger partial charge in [-0.15, -0.1) is 0 Å². The van der Waals surface area contributed by atoms with Crippen molar-refractivity contribution in [3.8, 4) is 0 Å². The summed E-state index contributed by atoms with van der Waals surface area (Å²) < 4.78 is 0. The van der Waals surface area contributed by atoms with Gasteiger partial charge in [-0.1, -0.05) is 35.3 Å². The van der Waals surface area contributed by atoms with Crippen LogP contribution >= 0.6 is 23.2 Å². The van der Waals surface area contributed by atoms with Gasteiger partial charge in [0.1, 0.15) is 5.57 Å². The lowest BCUT2D eigenvalue weighted by atomic mass is 10.1. The molecule has 0 unspecified atom stereocenters. The van der Waals surface area contributed by atoms with Crippen LogP contribution in [-0.2, 0) is 9.59 Å². The number of benzene rings is 2. The Kier molecular flexibility index (Phi) is 5.20. The van der Waals surface area contributed by atoms with Crippen LogP contribution in [0.2, 0.25) is 10.0 Å². The molecule has 1 aliphatic heterocycles. The van der Waals surface area contributed by atoms with Gasteiger partial charge in [0.2, 0.25) is 0 Å². The van der Waals surface area contributed by atoms with Crippen LogP contribution in [0.4, 0.5) is 11.4 Å². The van der Waals surface area contributed by atoms with E-state index in [-0.39, 0.29) is 5.57 Å². The molecule has 7 heteroatoms. The van der Waals surface area contributed by atoms with Crippen molar-refractivity contribution in [1.29, 1.82) is 0 Å². The maximum atomic E-state index is 12.6. The van der Waals surface area contributed by atoms with E-state index in [4.69, 9.17) is 23.2 Å². The van der Waals surface area contributed by atoms with E-state index in [9.17, 15) is 9.59 Å². The lowest BCUT2D eigenvalue weighted by Gasteiger charge is -2.16. The molecule has 2 aromatic carbocycles. The molecular weight excluding hydrogens is 373 g/mol. The Morgan fingerprint density at radius 1 is 1.08 bits per heavy atom. The van der Waals surface area contributed by atoms with Crippen molar-refractivity contribution in [2.24, 2.45) is 0 Å². The predicted molar refractivity (Wildman–Crippen MR) is 105 cm³/mol. The summed E-state index contributed by atoms with van der Waals surface area (Å²) in [6.45, 7) is 2.95. The molecule has 134 valence electrons. The topological polar surface area (TPSA) is 52.7 Å². The quantitative estimate of drug-likeness (QED) is 0.636. The van der Waals surface area contributed by atoms with Gasteiger partial charge < -0.3 is 4.90 Å². The molecule has 1 heterocycles. The van der Waals surface area contributed by atoms with Crippen LogP contribution in [-0.4, -0.2) is 25.4 Å². The fourth-order valence-electron chi connectivity index (χ4n) is 2.54. The summed E-state index contributed by atoms with van der Waals surface area (Å²) in [4.78, 5) is 27.0. The van der Waals surface area contributed by atoms with Crippen molar-refractivity contribution in [3.63, 3.8) is 0 Å². The minimum atomic E-state index is -0.462. The first-order valence-corrected chi connectivity index (χ1v) is 8.79. The van der Waals surface area contributed by atoms with Gasteiger partial charge in [-0.3, -0.25) is 15.0 Å². The van der Waals surface area contributed by atoms with E-state index < -0.39 is 11.8 Å². The summed E-state index contributed by atoms with van der Waals surface area (Å²) in [5, 5.41) is 1.84. The first-order valence-electron chi connectivity index (χ1n) is 8.04. The van der Waals surface area contributed by atoms with Gasteiger partial charge in [0.25, 0.3) is 11.8 Å². The molecule has 3 rings (SSSR count). The monoisotopic (exact) mass is 389 g/mol. The van der Waals surface area contributed by atoms with Crippen LogP contribution in [0, 0.1) is 0 Å². The highest BCUT2D eigenvalue weighted by Crippen LogP contribution is 2.29. The second-order valence-electron chi connectivity index (χ2n) is 5.84. The van der Waals surface area contributed by atoms with E-state index in [0.717, 1.165) is 22.8 Å². The summed E-state index contributed by atoms with van der Waals surface area (Å²) in [7, 11) is 2.00. The molecule has 0 aliphatic carbocycles. The third-order valence-corrected chi connectivity index (χ3v) is 4.91.